The molecule has 1 heteroatoms. The van der Waals surface area contributed by atoms with E-state index >= 15 is 0 Å². The number of aryl methyl sites for hydroxylation is 3. The maximum Gasteiger partial charge on any atom is 0.0619 e. The van der Waals surface area contributed by atoms with Gasteiger partial charge in [0, 0.05) is 0 Å². The molecule has 2 aliphatic rings. The zero-order valence-corrected chi connectivity index (χ0v) is 18.4. The third-order valence-corrected chi connectivity index (χ3v) is 9.85. The van der Waals surface area contributed by atoms with Gasteiger partial charge in [-0.25, -0.2) is 0 Å². The first-order chi connectivity index (χ1) is 11.9. The van der Waals surface area contributed by atoms with Crippen LogP contribution in [0.3, 0.4) is 0 Å². The van der Waals surface area contributed by atoms with Crippen molar-refractivity contribution in [2.24, 2.45) is 11.8 Å². The minimum atomic E-state index is -0.310. The van der Waals surface area contributed by atoms with Crippen LogP contribution in [0.25, 0.3) is 0 Å². The fourth-order valence-corrected chi connectivity index (χ4v) is 8.35. The van der Waals surface area contributed by atoms with Crippen molar-refractivity contribution in [2.45, 2.75) is 78.2 Å². The molecule has 25 heavy (non-hydrogen) atoms. The van der Waals surface area contributed by atoms with E-state index < -0.39 is 0 Å². The van der Waals surface area contributed by atoms with Gasteiger partial charge >= 0.3 is 0 Å². The van der Waals surface area contributed by atoms with Crippen molar-refractivity contribution in [3.8, 4) is 0 Å². The van der Waals surface area contributed by atoms with Gasteiger partial charge in [-0.3, -0.25) is 0 Å². The highest BCUT2D eigenvalue weighted by molar-refractivity contribution is 6.58. The van der Waals surface area contributed by atoms with Crippen molar-refractivity contribution in [1.29, 1.82) is 0 Å². The van der Waals surface area contributed by atoms with Crippen molar-refractivity contribution < 1.29 is 0 Å². The summed E-state index contributed by atoms with van der Waals surface area (Å²) in [6.45, 7) is 11.9. The van der Waals surface area contributed by atoms with Crippen molar-refractivity contribution in [2.75, 3.05) is 0 Å². The third kappa shape index (κ3) is 3.87. The topological polar surface area (TPSA) is 0 Å². The van der Waals surface area contributed by atoms with Gasteiger partial charge in [0.15, 0.2) is 0 Å². The fraction of sp³-hybridized carbons (Fsp3) is 0.583. The largest absolute Gasteiger partial charge is 0.0839 e. The van der Waals surface area contributed by atoms with Gasteiger partial charge in [-0.05, 0) is 56.9 Å². The molecule has 0 amide bonds. The van der Waals surface area contributed by atoms with E-state index in [0.717, 1.165) is 11.8 Å². The Morgan fingerprint density at radius 3 is 2.52 bits per heavy atom. The van der Waals surface area contributed by atoms with E-state index in [-0.39, 0.29) is 9.52 Å². The molecule has 2 aliphatic carbocycles. The molecule has 3 atom stereocenters. The summed E-state index contributed by atoms with van der Waals surface area (Å²) in [6.07, 6.45) is 15.5. The Morgan fingerprint density at radius 2 is 1.84 bits per heavy atom. The molecule has 0 N–H and O–H groups in total. The Kier molecular flexibility index (Phi) is 5.73. The van der Waals surface area contributed by atoms with Gasteiger partial charge in [-0.1, -0.05) is 90.9 Å². The van der Waals surface area contributed by atoms with Crippen LogP contribution < -0.4 is 5.19 Å². The molecule has 0 spiro atoms. The second-order valence-electron chi connectivity index (χ2n) is 8.99. The lowest BCUT2D eigenvalue weighted by molar-refractivity contribution is 0.427. The summed E-state index contributed by atoms with van der Waals surface area (Å²) >= 11 is 0. The SMILES string of the molecule is CCCCCC1C2=CC=CCC2CC1(C)[SiH2]c1c(C)cc(C)cc1C. The van der Waals surface area contributed by atoms with Crippen LogP contribution in [0.2, 0.25) is 5.04 Å². The molecule has 1 aromatic carbocycles. The number of benzene rings is 1. The van der Waals surface area contributed by atoms with E-state index in [0.29, 0.717) is 5.04 Å². The maximum absolute atomic E-state index is 2.65. The molecule has 3 rings (SSSR count). The van der Waals surface area contributed by atoms with Gasteiger partial charge in [-0.2, -0.15) is 0 Å². The molecule has 0 radical (unpaired) electrons. The zero-order valence-electron chi connectivity index (χ0n) is 17.0. The number of hydrogen-bond donors (Lipinski definition) is 0. The first kappa shape index (κ1) is 18.7. The normalized spacial score (nSPS) is 28.6. The summed E-state index contributed by atoms with van der Waals surface area (Å²) in [5.41, 5.74) is 6.33. The first-order valence-electron chi connectivity index (χ1n) is 10.4. The van der Waals surface area contributed by atoms with Gasteiger partial charge in [0.05, 0.1) is 9.52 Å². The van der Waals surface area contributed by atoms with Crippen LogP contribution in [0.15, 0.2) is 35.9 Å². The van der Waals surface area contributed by atoms with Crippen LogP contribution in [-0.2, 0) is 0 Å². The van der Waals surface area contributed by atoms with Gasteiger partial charge in [0.2, 0.25) is 0 Å². The lowest BCUT2D eigenvalue weighted by atomic mass is 9.86. The standard InChI is InChI=1S/C24H36Si/c1-6-7-8-13-22-21-12-10-9-11-20(21)16-24(22,5)25-23-18(3)14-17(2)15-19(23)4/h9-10,12,14-15,20,22H,6-8,11,13,16,25H2,1-5H3. The van der Waals surface area contributed by atoms with Crippen molar-refractivity contribution >= 4 is 14.7 Å². The minimum absolute atomic E-state index is 0.310. The van der Waals surface area contributed by atoms with E-state index in [2.05, 4.69) is 65.0 Å². The van der Waals surface area contributed by atoms with E-state index in [1.54, 1.807) is 21.9 Å². The lowest BCUT2D eigenvalue weighted by Crippen LogP contribution is -2.34. The predicted octanol–water partition coefficient (Wildman–Crippen LogP) is 5.69. The molecule has 1 saturated carbocycles. The van der Waals surface area contributed by atoms with E-state index in [4.69, 9.17) is 0 Å². The number of rotatable bonds is 6. The summed E-state index contributed by atoms with van der Waals surface area (Å²) in [5, 5.41) is 2.31. The first-order valence-corrected chi connectivity index (χ1v) is 11.8. The van der Waals surface area contributed by atoms with Gasteiger partial charge in [0.25, 0.3) is 0 Å². The van der Waals surface area contributed by atoms with Crippen molar-refractivity contribution in [3.05, 3.63) is 52.6 Å². The number of allylic oxidation sites excluding steroid dienone is 4. The average Bonchev–Trinajstić information content (AvgIpc) is 2.83. The molecule has 0 bridgehead atoms. The van der Waals surface area contributed by atoms with E-state index in [9.17, 15) is 0 Å². The third-order valence-electron chi connectivity index (χ3n) is 6.79. The van der Waals surface area contributed by atoms with E-state index in [1.165, 1.54) is 44.1 Å². The number of hydrogen-bond acceptors (Lipinski definition) is 0. The molecular weight excluding hydrogens is 316 g/mol. The zero-order chi connectivity index (χ0) is 18.0. The highest BCUT2D eigenvalue weighted by atomic mass is 28.2. The molecule has 1 aromatic rings. The molecular formula is C24H36Si. The predicted molar refractivity (Wildman–Crippen MR) is 115 cm³/mol. The van der Waals surface area contributed by atoms with Crippen LogP contribution in [0.5, 0.6) is 0 Å². The van der Waals surface area contributed by atoms with E-state index in [1.807, 2.05) is 0 Å². The highest BCUT2D eigenvalue weighted by Gasteiger charge is 2.46. The Hall–Kier alpha value is -1.08. The second kappa shape index (κ2) is 7.66. The maximum atomic E-state index is 2.65. The molecule has 3 unspecified atom stereocenters. The van der Waals surface area contributed by atoms with Crippen LogP contribution >= 0.6 is 0 Å². The highest BCUT2D eigenvalue weighted by Crippen LogP contribution is 2.58. The molecule has 136 valence electrons. The number of unbranched alkanes of at least 4 members (excludes halogenated alkanes) is 2. The molecule has 0 aliphatic heterocycles. The lowest BCUT2D eigenvalue weighted by Gasteiger charge is -2.33. The fourth-order valence-electron chi connectivity index (χ4n) is 5.61. The Balaban J connectivity index is 1.89. The van der Waals surface area contributed by atoms with Crippen LogP contribution in [-0.4, -0.2) is 9.52 Å². The summed E-state index contributed by atoms with van der Waals surface area (Å²) in [5.74, 6) is 1.67. The molecule has 0 heterocycles. The Bertz CT molecular complexity index is 658. The summed E-state index contributed by atoms with van der Waals surface area (Å²) in [7, 11) is -0.310. The number of fused-ring (bicyclic) bond motifs is 1. The van der Waals surface area contributed by atoms with Gasteiger partial charge in [0.1, 0.15) is 0 Å². The monoisotopic (exact) mass is 352 g/mol. The van der Waals surface area contributed by atoms with Gasteiger partial charge < -0.3 is 0 Å². The molecule has 0 aromatic heterocycles. The van der Waals surface area contributed by atoms with Crippen molar-refractivity contribution in [1.82, 2.24) is 0 Å². The van der Waals surface area contributed by atoms with Crippen LogP contribution in [0.4, 0.5) is 0 Å². The quantitative estimate of drug-likeness (QED) is 0.456. The summed E-state index contributed by atoms with van der Waals surface area (Å²) < 4.78 is 0. The van der Waals surface area contributed by atoms with Crippen LogP contribution in [0, 0.1) is 32.6 Å². The summed E-state index contributed by atoms with van der Waals surface area (Å²) in [6, 6.07) is 4.82. The molecule has 0 nitrogen and oxygen atoms in total. The Labute approximate surface area is 157 Å². The van der Waals surface area contributed by atoms with Crippen LogP contribution in [0.1, 0.15) is 69.1 Å². The Morgan fingerprint density at radius 1 is 1.12 bits per heavy atom. The average molecular weight is 353 g/mol. The molecule has 0 saturated heterocycles. The van der Waals surface area contributed by atoms with Gasteiger partial charge in [-0.15, -0.1) is 0 Å². The molecule has 1 fully saturated rings. The van der Waals surface area contributed by atoms with Crippen molar-refractivity contribution in [3.63, 3.8) is 0 Å². The summed E-state index contributed by atoms with van der Waals surface area (Å²) in [4.78, 5) is 0. The smallest absolute Gasteiger partial charge is 0.0619 e. The second-order valence-corrected chi connectivity index (χ2v) is 11.7. The minimum Gasteiger partial charge on any atom is -0.0839 e.